The van der Waals surface area contributed by atoms with E-state index in [1.807, 2.05) is 0 Å². The van der Waals surface area contributed by atoms with Gasteiger partial charge in [0.15, 0.2) is 0 Å². The molecule has 0 heterocycles. The molecule has 7 heteroatoms. The Kier molecular flexibility index (Phi) is 2.56. The van der Waals surface area contributed by atoms with Crippen molar-refractivity contribution < 1.29 is 28.7 Å². The van der Waals surface area contributed by atoms with Crippen molar-refractivity contribution in [2.45, 2.75) is 6.92 Å². The molecule has 0 radical (unpaired) electrons. The van der Waals surface area contributed by atoms with Crippen molar-refractivity contribution >= 4 is 19.3 Å². The zero-order valence-corrected chi connectivity index (χ0v) is 5.87. The largest absolute Gasteiger partial charge is 0.487 e. The molecule has 58 valence electrons. The Morgan fingerprint density at radius 3 is 2.00 bits per heavy atom. The number of hydrogen-bond acceptors (Lipinski definition) is 4. The zero-order chi connectivity index (χ0) is 8.36. The van der Waals surface area contributed by atoms with Crippen molar-refractivity contribution in [3.05, 3.63) is 0 Å². The van der Waals surface area contributed by atoms with Crippen LogP contribution in [0.25, 0.3) is 0 Å². The lowest BCUT2D eigenvalue weighted by molar-refractivity contribution is -0.132. The fourth-order valence-electron chi connectivity index (χ4n) is 0.213. The van der Waals surface area contributed by atoms with Crippen molar-refractivity contribution in [3.63, 3.8) is 0 Å². The lowest BCUT2D eigenvalue weighted by Gasteiger charge is -2.02. The van der Waals surface area contributed by atoms with Crippen LogP contribution in [0.15, 0.2) is 0 Å². The highest BCUT2D eigenvalue weighted by Crippen LogP contribution is 2.42. The Bertz CT molecular complexity index is 207. The number of hydrogen-bond donors (Lipinski definition) is 2. The molecule has 0 aromatic heterocycles. The van der Waals surface area contributed by atoms with Crippen molar-refractivity contribution in [1.29, 1.82) is 0 Å². The summed E-state index contributed by atoms with van der Waals surface area (Å²) in [7, 11) is -4.75. The molecule has 6 nitrogen and oxygen atoms in total. The molecule has 0 amide bonds. The van der Waals surface area contributed by atoms with E-state index in [0.29, 0.717) is 0 Å². The summed E-state index contributed by atoms with van der Waals surface area (Å²) in [5.74, 6) is -1.10. The summed E-state index contributed by atoms with van der Waals surface area (Å²) >= 11 is 0. The van der Waals surface area contributed by atoms with E-state index in [1.165, 1.54) is 0 Å². The molecule has 1 atom stereocenters. The molecule has 0 aliphatic heterocycles. The van der Waals surface area contributed by atoms with E-state index in [0.717, 1.165) is 6.92 Å². The van der Waals surface area contributed by atoms with Crippen LogP contribution in [0.4, 0.5) is 4.79 Å². The average Bonchev–Trinajstić information content (AvgIpc) is 1.60. The molecule has 0 spiro atoms. The summed E-state index contributed by atoms with van der Waals surface area (Å²) in [6.07, 6.45) is 0. The maximum atomic E-state index is 10.2. The smallest absolute Gasteiger partial charge is 0.471 e. The first-order valence-corrected chi connectivity index (χ1v) is 3.70. The van der Waals surface area contributed by atoms with Crippen molar-refractivity contribution in [1.82, 2.24) is 0 Å². The first-order chi connectivity index (χ1) is 4.36. The summed E-state index contributed by atoms with van der Waals surface area (Å²) in [5, 5.41) is 7.90. The number of carbonyl (C=O) groups excluding carboxylic acids is 1. The van der Waals surface area contributed by atoms with Gasteiger partial charge in [-0.15, -0.1) is 0 Å². The first kappa shape index (κ1) is 9.13. The second-order valence-corrected chi connectivity index (χ2v) is 2.99. The Morgan fingerprint density at radius 2 is 1.90 bits per heavy atom. The maximum Gasteiger partial charge on any atom is 0.487 e. The van der Waals surface area contributed by atoms with Gasteiger partial charge in [0.1, 0.15) is 0 Å². The molecule has 0 aromatic carbocycles. The van der Waals surface area contributed by atoms with Crippen molar-refractivity contribution in [3.8, 4) is 0 Å². The van der Waals surface area contributed by atoms with Gasteiger partial charge in [-0.1, -0.05) is 0 Å². The molecule has 0 saturated heterocycles. The predicted octanol–water partition coefficient (Wildman–Crippen LogP) is 0.413. The normalized spacial score (nSPS) is 15.4. The molecule has 0 aliphatic carbocycles. The monoisotopic (exact) mass is 168 g/mol. The van der Waals surface area contributed by atoms with E-state index < -0.39 is 19.3 Å². The molecule has 2 N–H and O–H groups in total. The SMILES string of the molecule is CC(=O)OP(=O)(O)C(=O)O. The van der Waals surface area contributed by atoms with Crippen molar-refractivity contribution in [2.75, 3.05) is 0 Å². The molecule has 0 rings (SSSR count). The van der Waals surface area contributed by atoms with Crippen LogP contribution in [-0.2, 0) is 13.9 Å². The first-order valence-electron chi connectivity index (χ1n) is 2.12. The Morgan fingerprint density at radius 1 is 1.50 bits per heavy atom. The third-order valence-corrected chi connectivity index (χ3v) is 1.48. The molecule has 10 heavy (non-hydrogen) atoms. The van der Waals surface area contributed by atoms with E-state index in [1.54, 1.807) is 0 Å². The molecule has 0 saturated carbocycles. The summed E-state index contributed by atoms with van der Waals surface area (Å²) in [5.41, 5.74) is -2.04. The average molecular weight is 168 g/mol. The van der Waals surface area contributed by atoms with Gasteiger partial charge in [-0.25, -0.2) is 9.36 Å². The molecule has 0 bridgehead atoms. The van der Waals surface area contributed by atoms with Crippen LogP contribution in [0.2, 0.25) is 0 Å². The highest BCUT2D eigenvalue weighted by Gasteiger charge is 2.32. The van der Waals surface area contributed by atoms with Gasteiger partial charge in [0.25, 0.3) is 0 Å². The van der Waals surface area contributed by atoms with E-state index in [-0.39, 0.29) is 0 Å². The van der Waals surface area contributed by atoms with Crippen LogP contribution in [0.3, 0.4) is 0 Å². The molecular weight excluding hydrogens is 163 g/mol. The zero-order valence-electron chi connectivity index (χ0n) is 4.97. The number of carboxylic acid groups (broad SMARTS) is 1. The van der Waals surface area contributed by atoms with Crippen LogP contribution >= 0.6 is 7.60 Å². The van der Waals surface area contributed by atoms with Crippen LogP contribution in [0.5, 0.6) is 0 Å². The summed E-state index contributed by atoms with van der Waals surface area (Å²) < 4.78 is 13.8. The molecular formula is C3H5O6P. The lowest BCUT2D eigenvalue weighted by atomic mass is 10.9. The van der Waals surface area contributed by atoms with Gasteiger partial charge < -0.3 is 14.5 Å². The Balaban J connectivity index is 4.29. The lowest BCUT2D eigenvalue weighted by Crippen LogP contribution is -2.03. The van der Waals surface area contributed by atoms with E-state index in [2.05, 4.69) is 4.52 Å². The fourth-order valence-corrected chi connectivity index (χ4v) is 0.640. The van der Waals surface area contributed by atoms with Gasteiger partial charge in [-0.2, -0.15) is 0 Å². The third-order valence-electron chi connectivity index (χ3n) is 0.494. The van der Waals surface area contributed by atoms with Gasteiger partial charge in [0.05, 0.1) is 0 Å². The van der Waals surface area contributed by atoms with E-state index in [4.69, 9.17) is 10.00 Å². The topological polar surface area (TPSA) is 101 Å². The minimum atomic E-state index is -4.75. The summed E-state index contributed by atoms with van der Waals surface area (Å²) in [6, 6.07) is 0. The standard InChI is InChI=1S/C3H5O6P/c1-2(4)9-10(7,8)3(5)6/h1H3,(H,5,6)(H,7,8). The van der Waals surface area contributed by atoms with Crippen LogP contribution in [0.1, 0.15) is 6.92 Å². The summed E-state index contributed by atoms with van der Waals surface area (Å²) in [4.78, 5) is 28.0. The summed E-state index contributed by atoms with van der Waals surface area (Å²) in [6.45, 7) is 0.839. The second kappa shape index (κ2) is 2.81. The van der Waals surface area contributed by atoms with Gasteiger partial charge in [0.2, 0.25) is 0 Å². The van der Waals surface area contributed by atoms with Gasteiger partial charge in [-0.3, -0.25) is 4.79 Å². The predicted molar refractivity (Wildman–Crippen MR) is 29.6 cm³/mol. The Labute approximate surface area is 56.0 Å². The molecule has 1 unspecified atom stereocenters. The maximum absolute atomic E-state index is 10.2. The second-order valence-electron chi connectivity index (χ2n) is 1.39. The highest BCUT2D eigenvalue weighted by atomic mass is 31.2. The van der Waals surface area contributed by atoms with Crippen LogP contribution in [0, 0.1) is 0 Å². The van der Waals surface area contributed by atoms with Crippen LogP contribution in [-0.4, -0.2) is 21.7 Å². The van der Waals surface area contributed by atoms with Gasteiger partial charge >= 0.3 is 19.3 Å². The Hall–Kier alpha value is -0.870. The minimum absolute atomic E-state index is 0.839. The number of rotatable bonds is 2. The fraction of sp³-hybridized carbons (Fsp3) is 0.333. The molecule has 0 aliphatic rings. The quantitative estimate of drug-likeness (QED) is 0.579. The molecule has 0 aromatic rings. The van der Waals surface area contributed by atoms with E-state index in [9.17, 15) is 14.2 Å². The van der Waals surface area contributed by atoms with Crippen LogP contribution < -0.4 is 0 Å². The van der Waals surface area contributed by atoms with Gasteiger partial charge in [-0.05, 0) is 0 Å². The molecule has 0 fully saturated rings. The van der Waals surface area contributed by atoms with Gasteiger partial charge in [0, 0.05) is 6.92 Å². The van der Waals surface area contributed by atoms with E-state index >= 15 is 0 Å². The third kappa shape index (κ3) is 2.61. The van der Waals surface area contributed by atoms with Crippen molar-refractivity contribution in [2.24, 2.45) is 0 Å². The number of carbonyl (C=O) groups is 2. The minimum Gasteiger partial charge on any atom is -0.471 e. The highest BCUT2D eigenvalue weighted by molar-refractivity contribution is 7.70.